The molecular formula is C14H20N2O3S. The first-order valence-corrected chi connectivity index (χ1v) is 8.57. The van der Waals surface area contributed by atoms with Crippen LogP contribution in [0, 0.1) is 0 Å². The molecule has 1 heterocycles. The number of likely N-dealkylation sites (N-methyl/N-ethyl adjacent to an activating group) is 1. The molecule has 1 aliphatic rings. The van der Waals surface area contributed by atoms with Crippen molar-refractivity contribution in [3.05, 3.63) is 29.8 Å². The van der Waals surface area contributed by atoms with Crippen molar-refractivity contribution in [1.29, 1.82) is 0 Å². The highest BCUT2D eigenvalue weighted by molar-refractivity contribution is 7.91. The molecule has 0 saturated carbocycles. The van der Waals surface area contributed by atoms with Crippen LogP contribution in [0.3, 0.4) is 0 Å². The molecule has 1 saturated heterocycles. The SMILES string of the molecule is CNC(=O)Cc1ccc(NC2CCCS(=O)(=O)C2)cc1. The molecule has 1 aromatic carbocycles. The van der Waals surface area contributed by atoms with Gasteiger partial charge in [0.15, 0.2) is 9.84 Å². The van der Waals surface area contributed by atoms with Crippen LogP contribution in [0.4, 0.5) is 5.69 Å². The van der Waals surface area contributed by atoms with E-state index in [1.54, 1.807) is 7.05 Å². The number of hydrogen-bond acceptors (Lipinski definition) is 4. The molecule has 1 amide bonds. The monoisotopic (exact) mass is 296 g/mol. The van der Waals surface area contributed by atoms with Gasteiger partial charge in [0.05, 0.1) is 17.9 Å². The van der Waals surface area contributed by atoms with Crippen molar-refractivity contribution >= 4 is 21.4 Å². The second-order valence-electron chi connectivity index (χ2n) is 5.14. The lowest BCUT2D eigenvalue weighted by atomic mass is 10.1. The van der Waals surface area contributed by atoms with Crippen LogP contribution in [0.2, 0.25) is 0 Å². The van der Waals surface area contributed by atoms with Crippen LogP contribution in [-0.2, 0) is 21.1 Å². The van der Waals surface area contributed by atoms with Gasteiger partial charge in [-0.25, -0.2) is 8.42 Å². The Balaban J connectivity index is 1.95. The fourth-order valence-electron chi connectivity index (χ4n) is 2.36. The van der Waals surface area contributed by atoms with Crippen molar-refractivity contribution in [2.24, 2.45) is 0 Å². The molecule has 1 aromatic rings. The lowest BCUT2D eigenvalue weighted by Crippen LogP contribution is -2.34. The zero-order chi connectivity index (χ0) is 14.6. The summed E-state index contributed by atoms with van der Waals surface area (Å²) in [5.41, 5.74) is 1.83. The summed E-state index contributed by atoms with van der Waals surface area (Å²) < 4.78 is 23.2. The van der Waals surface area contributed by atoms with Crippen LogP contribution in [0.1, 0.15) is 18.4 Å². The van der Waals surface area contributed by atoms with E-state index < -0.39 is 9.84 Å². The van der Waals surface area contributed by atoms with Gasteiger partial charge in [0.2, 0.25) is 5.91 Å². The van der Waals surface area contributed by atoms with Crippen LogP contribution in [0.25, 0.3) is 0 Å². The highest BCUT2D eigenvalue weighted by Gasteiger charge is 2.24. The summed E-state index contributed by atoms with van der Waals surface area (Å²) in [6.45, 7) is 0. The number of benzene rings is 1. The summed E-state index contributed by atoms with van der Waals surface area (Å²) in [4.78, 5) is 11.3. The minimum absolute atomic E-state index is 0.0152. The molecule has 20 heavy (non-hydrogen) atoms. The van der Waals surface area contributed by atoms with Crippen molar-refractivity contribution in [1.82, 2.24) is 5.32 Å². The molecule has 110 valence electrons. The molecule has 0 aromatic heterocycles. The second kappa shape index (κ2) is 6.26. The average Bonchev–Trinajstić information content (AvgIpc) is 2.40. The Morgan fingerprint density at radius 3 is 2.60 bits per heavy atom. The summed E-state index contributed by atoms with van der Waals surface area (Å²) in [6, 6.07) is 7.53. The smallest absolute Gasteiger partial charge is 0.224 e. The number of hydrogen-bond donors (Lipinski definition) is 2. The largest absolute Gasteiger partial charge is 0.381 e. The molecule has 2 rings (SSSR count). The Hall–Kier alpha value is -1.56. The topological polar surface area (TPSA) is 75.3 Å². The predicted octanol–water partition coefficient (Wildman–Crippen LogP) is 0.964. The first-order valence-electron chi connectivity index (χ1n) is 6.75. The van der Waals surface area contributed by atoms with E-state index >= 15 is 0 Å². The minimum Gasteiger partial charge on any atom is -0.381 e. The van der Waals surface area contributed by atoms with E-state index in [2.05, 4.69) is 10.6 Å². The average molecular weight is 296 g/mol. The van der Waals surface area contributed by atoms with E-state index in [9.17, 15) is 13.2 Å². The number of sulfone groups is 1. The van der Waals surface area contributed by atoms with Crippen molar-refractivity contribution < 1.29 is 13.2 Å². The van der Waals surface area contributed by atoms with E-state index in [0.717, 1.165) is 24.1 Å². The lowest BCUT2D eigenvalue weighted by Gasteiger charge is -2.24. The molecular weight excluding hydrogens is 276 g/mol. The fourth-order valence-corrected chi connectivity index (χ4v) is 4.00. The molecule has 1 aliphatic heterocycles. The Morgan fingerprint density at radius 2 is 2.00 bits per heavy atom. The van der Waals surface area contributed by atoms with Crippen molar-refractivity contribution in [2.75, 3.05) is 23.9 Å². The van der Waals surface area contributed by atoms with Gasteiger partial charge >= 0.3 is 0 Å². The Labute approximate surface area is 119 Å². The normalized spacial score (nSPS) is 21.1. The molecule has 6 heteroatoms. The molecule has 0 spiro atoms. The Bertz CT molecular complexity index is 567. The van der Waals surface area contributed by atoms with E-state index in [-0.39, 0.29) is 17.7 Å². The maximum Gasteiger partial charge on any atom is 0.224 e. The first-order chi connectivity index (χ1) is 9.48. The van der Waals surface area contributed by atoms with E-state index in [4.69, 9.17) is 0 Å². The number of rotatable bonds is 4. The zero-order valence-corrected chi connectivity index (χ0v) is 12.4. The summed E-state index contributed by atoms with van der Waals surface area (Å²) in [7, 11) is -1.28. The third-order valence-electron chi connectivity index (χ3n) is 3.43. The van der Waals surface area contributed by atoms with Crippen LogP contribution >= 0.6 is 0 Å². The highest BCUT2D eigenvalue weighted by atomic mass is 32.2. The minimum atomic E-state index is -2.89. The third kappa shape index (κ3) is 4.23. The molecule has 5 nitrogen and oxygen atoms in total. The van der Waals surface area contributed by atoms with Crippen molar-refractivity contribution in [3.8, 4) is 0 Å². The molecule has 0 bridgehead atoms. The summed E-state index contributed by atoms with van der Waals surface area (Å²) >= 11 is 0. The van der Waals surface area contributed by atoms with Gasteiger partial charge < -0.3 is 10.6 Å². The molecule has 1 atom stereocenters. The number of anilines is 1. The van der Waals surface area contributed by atoms with Crippen molar-refractivity contribution in [3.63, 3.8) is 0 Å². The van der Waals surface area contributed by atoms with Crippen molar-refractivity contribution in [2.45, 2.75) is 25.3 Å². The number of carbonyl (C=O) groups excluding carboxylic acids is 1. The predicted molar refractivity (Wildman–Crippen MR) is 79.5 cm³/mol. The molecule has 1 unspecified atom stereocenters. The van der Waals surface area contributed by atoms with E-state index in [1.165, 1.54) is 0 Å². The van der Waals surface area contributed by atoms with Gasteiger partial charge in [0.1, 0.15) is 0 Å². The van der Waals surface area contributed by atoms with Crippen LogP contribution in [0.15, 0.2) is 24.3 Å². The zero-order valence-electron chi connectivity index (χ0n) is 11.6. The van der Waals surface area contributed by atoms with Gasteiger partial charge in [-0.15, -0.1) is 0 Å². The van der Waals surface area contributed by atoms with Gasteiger partial charge in [-0.05, 0) is 30.5 Å². The van der Waals surface area contributed by atoms with Crippen LogP contribution < -0.4 is 10.6 Å². The first kappa shape index (κ1) is 14.8. The third-order valence-corrected chi connectivity index (χ3v) is 5.25. The Morgan fingerprint density at radius 1 is 1.30 bits per heavy atom. The van der Waals surface area contributed by atoms with Gasteiger partial charge in [0.25, 0.3) is 0 Å². The van der Waals surface area contributed by atoms with Gasteiger partial charge in [-0.3, -0.25) is 4.79 Å². The number of nitrogens with one attached hydrogen (secondary N) is 2. The molecule has 1 fully saturated rings. The lowest BCUT2D eigenvalue weighted by molar-refractivity contribution is -0.119. The number of amides is 1. The maximum atomic E-state index is 11.6. The molecule has 2 N–H and O–H groups in total. The van der Waals surface area contributed by atoms with Gasteiger partial charge in [-0.2, -0.15) is 0 Å². The Kier molecular flexibility index (Phi) is 4.65. The number of carbonyl (C=O) groups is 1. The van der Waals surface area contributed by atoms with Crippen LogP contribution in [0.5, 0.6) is 0 Å². The molecule has 0 aliphatic carbocycles. The maximum absolute atomic E-state index is 11.6. The van der Waals surface area contributed by atoms with Crippen LogP contribution in [-0.4, -0.2) is 38.9 Å². The molecule has 0 radical (unpaired) electrons. The summed E-state index contributed by atoms with van der Waals surface area (Å²) in [5.74, 6) is 0.479. The fraction of sp³-hybridized carbons (Fsp3) is 0.500. The second-order valence-corrected chi connectivity index (χ2v) is 7.37. The highest BCUT2D eigenvalue weighted by Crippen LogP contribution is 2.18. The summed E-state index contributed by atoms with van der Waals surface area (Å²) in [6.07, 6.45) is 1.95. The standard InChI is InChI=1S/C14H20N2O3S/c1-15-14(17)9-11-4-6-12(7-5-11)16-13-3-2-8-20(18,19)10-13/h4-7,13,16H,2-3,8-10H2,1H3,(H,15,17). The van der Waals surface area contributed by atoms with E-state index in [1.807, 2.05) is 24.3 Å². The van der Waals surface area contributed by atoms with E-state index in [0.29, 0.717) is 12.2 Å². The van der Waals surface area contributed by atoms with Gasteiger partial charge in [0, 0.05) is 18.8 Å². The summed E-state index contributed by atoms with van der Waals surface area (Å²) in [5, 5.41) is 5.83. The quantitative estimate of drug-likeness (QED) is 0.868. The van der Waals surface area contributed by atoms with Gasteiger partial charge in [-0.1, -0.05) is 12.1 Å².